The van der Waals surface area contributed by atoms with Crippen molar-refractivity contribution in [1.29, 1.82) is 0 Å². The number of amides is 1. The number of hydrogen-bond donors (Lipinski definition) is 1. The number of methoxy groups -OCH3 is 1. The lowest BCUT2D eigenvalue weighted by molar-refractivity contribution is 0.0936. The van der Waals surface area contributed by atoms with Gasteiger partial charge in [-0.15, -0.1) is 0 Å². The van der Waals surface area contributed by atoms with Crippen molar-refractivity contribution >= 4 is 17.5 Å². The first kappa shape index (κ1) is 18.1. The van der Waals surface area contributed by atoms with E-state index in [9.17, 15) is 9.18 Å². The Labute approximate surface area is 145 Å². The predicted octanol–water partition coefficient (Wildman–Crippen LogP) is 4.38. The van der Waals surface area contributed by atoms with Crippen LogP contribution in [0.3, 0.4) is 0 Å². The number of halogens is 2. The number of ether oxygens (including phenoxy) is 2. The number of nitrogens with one attached hydrogen (secondary N) is 1. The molecular formula is C18H19ClFNO3. The molecule has 2 aromatic carbocycles. The normalized spacial score (nSPS) is 11.7. The lowest BCUT2D eigenvalue weighted by Crippen LogP contribution is -2.27. The Morgan fingerprint density at radius 2 is 2.04 bits per heavy atom. The van der Waals surface area contributed by atoms with Crippen molar-refractivity contribution in [2.75, 3.05) is 13.7 Å². The third-order valence-corrected chi connectivity index (χ3v) is 3.84. The van der Waals surface area contributed by atoms with E-state index in [0.717, 1.165) is 5.56 Å². The average Bonchev–Trinajstić information content (AvgIpc) is 2.55. The Morgan fingerprint density at radius 3 is 2.67 bits per heavy atom. The lowest BCUT2D eigenvalue weighted by Gasteiger charge is -2.17. The molecule has 2 rings (SSSR count). The van der Waals surface area contributed by atoms with Gasteiger partial charge in [0, 0.05) is 0 Å². The highest BCUT2D eigenvalue weighted by atomic mass is 35.5. The molecule has 1 atom stereocenters. The lowest BCUT2D eigenvalue weighted by atomic mass is 10.1. The largest absolute Gasteiger partial charge is 0.493 e. The second kappa shape index (κ2) is 8.02. The van der Waals surface area contributed by atoms with Crippen molar-refractivity contribution in [1.82, 2.24) is 5.32 Å². The maximum atomic E-state index is 13.8. The topological polar surface area (TPSA) is 47.6 Å². The van der Waals surface area contributed by atoms with Crippen LogP contribution in [0.1, 0.15) is 35.8 Å². The number of benzene rings is 2. The summed E-state index contributed by atoms with van der Waals surface area (Å²) in [6, 6.07) is 9.14. The van der Waals surface area contributed by atoms with Gasteiger partial charge in [0.1, 0.15) is 5.82 Å². The Hall–Kier alpha value is -2.27. The fourth-order valence-corrected chi connectivity index (χ4v) is 2.54. The van der Waals surface area contributed by atoms with E-state index in [0.29, 0.717) is 18.1 Å². The van der Waals surface area contributed by atoms with Crippen molar-refractivity contribution in [2.45, 2.75) is 19.9 Å². The SMILES string of the molecule is CCOc1ccc([C@H](C)NC(=O)c2c(F)cccc2Cl)cc1OC. The minimum Gasteiger partial charge on any atom is -0.493 e. The van der Waals surface area contributed by atoms with E-state index >= 15 is 0 Å². The monoisotopic (exact) mass is 351 g/mol. The Morgan fingerprint density at radius 1 is 1.29 bits per heavy atom. The van der Waals surface area contributed by atoms with Gasteiger partial charge in [-0.05, 0) is 43.7 Å². The molecule has 0 unspecified atom stereocenters. The van der Waals surface area contributed by atoms with Crippen LogP contribution in [0.25, 0.3) is 0 Å². The van der Waals surface area contributed by atoms with Crippen LogP contribution in [0.4, 0.5) is 4.39 Å². The second-order valence-electron chi connectivity index (χ2n) is 5.14. The highest BCUT2D eigenvalue weighted by Crippen LogP contribution is 2.30. The quantitative estimate of drug-likeness (QED) is 0.840. The molecule has 0 aromatic heterocycles. The Kier molecular flexibility index (Phi) is 6.04. The van der Waals surface area contributed by atoms with Gasteiger partial charge in [0.05, 0.1) is 30.3 Å². The first-order valence-corrected chi connectivity index (χ1v) is 7.91. The smallest absolute Gasteiger partial charge is 0.256 e. The zero-order valence-electron chi connectivity index (χ0n) is 13.7. The Bertz CT molecular complexity index is 716. The van der Waals surface area contributed by atoms with E-state index in [1.54, 1.807) is 26.2 Å². The van der Waals surface area contributed by atoms with Crippen LogP contribution in [0, 0.1) is 5.82 Å². The summed E-state index contributed by atoms with van der Waals surface area (Å²) in [7, 11) is 1.55. The molecule has 0 bridgehead atoms. The van der Waals surface area contributed by atoms with Crippen molar-refractivity contribution in [2.24, 2.45) is 0 Å². The summed E-state index contributed by atoms with van der Waals surface area (Å²) in [6.07, 6.45) is 0. The summed E-state index contributed by atoms with van der Waals surface area (Å²) in [5, 5.41) is 2.81. The van der Waals surface area contributed by atoms with Gasteiger partial charge in [-0.3, -0.25) is 4.79 Å². The molecule has 0 fully saturated rings. The Balaban J connectivity index is 2.20. The molecule has 0 radical (unpaired) electrons. The van der Waals surface area contributed by atoms with Crippen LogP contribution >= 0.6 is 11.6 Å². The molecule has 128 valence electrons. The van der Waals surface area contributed by atoms with Crippen LogP contribution < -0.4 is 14.8 Å². The van der Waals surface area contributed by atoms with Crippen molar-refractivity contribution in [3.63, 3.8) is 0 Å². The molecule has 0 aliphatic rings. The van der Waals surface area contributed by atoms with Gasteiger partial charge in [0.25, 0.3) is 5.91 Å². The zero-order chi connectivity index (χ0) is 17.7. The molecule has 0 heterocycles. The molecule has 24 heavy (non-hydrogen) atoms. The summed E-state index contributed by atoms with van der Waals surface area (Å²) < 4.78 is 24.6. The maximum absolute atomic E-state index is 13.8. The molecule has 6 heteroatoms. The van der Waals surface area contributed by atoms with E-state index in [4.69, 9.17) is 21.1 Å². The fourth-order valence-electron chi connectivity index (χ4n) is 2.30. The number of rotatable bonds is 6. The summed E-state index contributed by atoms with van der Waals surface area (Å²) in [5.74, 6) is -0.0336. The molecular weight excluding hydrogens is 333 g/mol. The van der Waals surface area contributed by atoms with E-state index in [1.807, 2.05) is 13.0 Å². The molecule has 0 saturated heterocycles. The first-order valence-electron chi connectivity index (χ1n) is 7.53. The maximum Gasteiger partial charge on any atom is 0.256 e. The molecule has 0 aliphatic heterocycles. The summed E-state index contributed by atoms with van der Waals surface area (Å²) in [6.45, 7) is 4.20. The minimum atomic E-state index is -0.656. The van der Waals surface area contributed by atoms with Crippen molar-refractivity contribution < 1.29 is 18.7 Å². The van der Waals surface area contributed by atoms with Gasteiger partial charge in [0.2, 0.25) is 0 Å². The molecule has 0 aliphatic carbocycles. The van der Waals surface area contributed by atoms with E-state index in [2.05, 4.69) is 5.32 Å². The van der Waals surface area contributed by atoms with Gasteiger partial charge in [0.15, 0.2) is 11.5 Å². The molecule has 1 amide bonds. The summed E-state index contributed by atoms with van der Waals surface area (Å²) in [4.78, 5) is 12.3. The number of hydrogen-bond acceptors (Lipinski definition) is 3. The zero-order valence-corrected chi connectivity index (χ0v) is 14.5. The van der Waals surface area contributed by atoms with Crippen LogP contribution in [0.5, 0.6) is 11.5 Å². The average molecular weight is 352 g/mol. The molecule has 2 aromatic rings. The third kappa shape index (κ3) is 3.97. The predicted molar refractivity (Wildman–Crippen MR) is 91.5 cm³/mol. The highest BCUT2D eigenvalue weighted by Gasteiger charge is 2.19. The first-order chi connectivity index (χ1) is 11.5. The summed E-state index contributed by atoms with van der Waals surface area (Å²) in [5.41, 5.74) is 0.639. The highest BCUT2D eigenvalue weighted by molar-refractivity contribution is 6.33. The van der Waals surface area contributed by atoms with Crippen molar-refractivity contribution in [3.8, 4) is 11.5 Å². The van der Waals surface area contributed by atoms with Gasteiger partial charge in [-0.25, -0.2) is 4.39 Å². The molecule has 0 spiro atoms. The molecule has 4 nitrogen and oxygen atoms in total. The van der Waals surface area contributed by atoms with E-state index in [-0.39, 0.29) is 16.6 Å². The number of carbonyl (C=O) groups excluding carboxylic acids is 1. The van der Waals surface area contributed by atoms with Crippen molar-refractivity contribution in [3.05, 3.63) is 58.4 Å². The van der Waals surface area contributed by atoms with Gasteiger partial charge < -0.3 is 14.8 Å². The minimum absolute atomic E-state index is 0.0731. The van der Waals surface area contributed by atoms with Crippen LogP contribution in [0.15, 0.2) is 36.4 Å². The molecule has 1 N–H and O–H groups in total. The number of carbonyl (C=O) groups is 1. The summed E-state index contributed by atoms with van der Waals surface area (Å²) >= 11 is 5.92. The van der Waals surface area contributed by atoms with E-state index in [1.165, 1.54) is 18.2 Å². The second-order valence-corrected chi connectivity index (χ2v) is 5.54. The van der Waals surface area contributed by atoms with Gasteiger partial charge in [-0.1, -0.05) is 23.7 Å². The van der Waals surface area contributed by atoms with Gasteiger partial charge in [-0.2, -0.15) is 0 Å². The van der Waals surface area contributed by atoms with Gasteiger partial charge >= 0.3 is 0 Å². The third-order valence-electron chi connectivity index (χ3n) is 3.52. The standard InChI is InChI=1S/C18H19ClFNO3/c1-4-24-15-9-8-12(10-16(15)23-3)11(2)21-18(22)17-13(19)6-5-7-14(17)20/h5-11H,4H2,1-3H3,(H,21,22)/t11-/m0/s1. The fraction of sp³-hybridized carbons (Fsp3) is 0.278. The van der Waals surface area contributed by atoms with Crippen LogP contribution in [-0.4, -0.2) is 19.6 Å². The van der Waals surface area contributed by atoms with E-state index < -0.39 is 11.7 Å². The van der Waals surface area contributed by atoms with Crippen LogP contribution in [0.2, 0.25) is 5.02 Å². The van der Waals surface area contributed by atoms with Crippen LogP contribution in [-0.2, 0) is 0 Å². The molecule has 0 saturated carbocycles.